The van der Waals surface area contributed by atoms with Gasteiger partial charge in [-0.3, -0.25) is 0 Å². The van der Waals surface area contributed by atoms with Crippen LogP contribution < -0.4 is 5.23 Å². The van der Waals surface area contributed by atoms with E-state index in [1.807, 2.05) is 0 Å². The first-order valence-electron chi connectivity index (χ1n) is 2.84. The van der Waals surface area contributed by atoms with Crippen molar-refractivity contribution in [2.45, 2.75) is 26.6 Å². The molecule has 0 fully saturated rings. The second-order valence-electron chi connectivity index (χ2n) is 1.97. The zero-order valence-corrected chi connectivity index (χ0v) is 5.36. The first kappa shape index (κ1) is 7.02. The molecule has 0 aromatic heterocycles. The minimum absolute atomic E-state index is 0.667. The molecule has 0 atom stereocenters. The molecule has 0 aliphatic rings. The van der Waals surface area contributed by atoms with Crippen LogP contribution in [0.5, 0.6) is 0 Å². The summed E-state index contributed by atoms with van der Waals surface area (Å²) in [7, 11) is 2.10. The van der Waals surface area contributed by atoms with Crippen LogP contribution >= 0.6 is 0 Å². The standard InChI is InChI=1S/C5H13BN/c1-4-7-6-5(2)3/h5,7H,4H2,1-3H3. The first-order chi connectivity index (χ1) is 3.27. The normalized spacial score (nSPS) is 9.71. The van der Waals surface area contributed by atoms with Gasteiger partial charge in [-0.25, -0.2) is 0 Å². The second kappa shape index (κ2) is 4.19. The summed E-state index contributed by atoms with van der Waals surface area (Å²) in [6.45, 7) is 7.45. The van der Waals surface area contributed by atoms with Gasteiger partial charge in [-0.1, -0.05) is 26.6 Å². The first-order valence-corrected chi connectivity index (χ1v) is 2.84. The Bertz CT molecular complexity index is 37.1. The third-order valence-electron chi connectivity index (χ3n) is 0.655. The molecule has 0 aromatic carbocycles. The number of rotatable bonds is 3. The lowest BCUT2D eigenvalue weighted by molar-refractivity contribution is 0.944. The van der Waals surface area contributed by atoms with Crippen LogP contribution in [0, 0.1) is 0 Å². The summed E-state index contributed by atoms with van der Waals surface area (Å²) in [5.41, 5.74) is 0. The average Bonchev–Trinajstić information content (AvgIpc) is 1.61. The van der Waals surface area contributed by atoms with Crippen LogP contribution in [0.25, 0.3) is 0 Å². The number of hydrogen-bond donors (Lipinski definition) is 1. The lowest BCUT2D eigenvalue weighted by atomic mass is 9.79. The summed E-state index contributed by atoms with van der Waals surface area (Å²) in [5.74, 6) is 0.667. The molecule has 1 nitrogen and oxygen atoms in total. The van der Waals surface area contributed by atoms with Crippen molar-refractivity contribution in [3.8, 4) is 0 Å². The smallest absolute Gasteiger partial charge is 0.208 e. The van der Waals surface area contributed by atoms with E-state index in [4.69, 9.17) is 0 Å². The van der Waals surface area contributed by atoms with Crippen molar-refractivity contribution in [3.05, 3.63) is 0 Å². The Labute approximate surface area is 46.8 Å². The lowest BCUT2D eigenvalue weighted by Gasteiger charge is -1.99. The van der Waals surface area contributed by atoms with Gasteiger partial charge in [0.05, 0.1) is 0 Å². The molecule has 0 saturated carbocycles. The Kier molecular flexibility index (Phi) is 4.21. The Hall–Kier alpha value is 0.0249. The molecule has 0 aromatic rings. The van der Waals surface area contributed by atoms with Crippen molar-refractivity contribution in [1.29, 1.82) is 0 Å². The zero-order chi connectivity index (χ0) is 5.70. The molecule has 0 bridgehead atoms. The second-order valence-corrected chi connectivity index (χ2v) is 1.97. The minimum Gasteiger partial charge on any atom is -0.360 e. The molecule has 0 amide bonds. The highest BCUT2D eigenvalue weighted by Gasteiger charge is 1.91. The third-order valence-corrected chi connectivity index (χ3v) is 0.655. The van der Waals surface area contributed by atoms with Gasteiger partial charge in [-0.05, 0) is 6.54 Å². The van der Waals surface area contributed by atoms with E-state index in [1.54, 1.807) is 0 Å². The largest absolute Gasteiger partial charge is 0.360 e. The Morgan fingerprint density at radius 2 is 2.14 bits per heavy atom. The van der Waals surface area contributed by atoms with Crippen molar-refractivity contribution < 1.29 is 0 Å². The maximum Gasteiger partial charge on any atom is 0.208 e. The van der Waals surface area contributed by atoms with E-state index in [1.165, 1.54) is 0 Å². The molecule has 0 spiro atoms. The molecule has 0 heterocycles. The summed E-state index contributed by atoms with van der Waals surface area (Å²) < 4.78 is 0. The van der Waals surface area contributed by atoms with Crippen LogP contribution in [0.1, 0.15) is 20.8 Å². The van der Waals surface area contributed by atoms with Crippen LogP contribution in [0.15, 0.2) is 0 Å². The third kappa shape index (κ3) is 6.02. The van der Waals surface area contributed by atoms with E-state index in [2.05, 4.69) is 33.4 Å². The van der Waals surface area contributed by atoms with Gasteiger partial charge in [0.25, 0.3) is 0 Å². The molecule has 7 heavy (non-hydrogen) atoms. The molecule has 0 rings (SSSR count). The minimum atomic E-state index is 0.667. The lowest BCUT2D eigenvalue weighted by Crippen LogP contribution is -2.20. The Morgan fingerprint density at radius 1 is 1.57 bits per heavy atom. The van der Waals surface area contributed by atoms with Crippen LogP contribution in [-0.2, 0) is 0 Å². The van der Waals surface area contributed by atoms with E-state index >= 15 is 0 Å². The molecule has 0 aliphatic carbocycles. The fraction of sp³-hybridized carbons (Fsp3) is 1.00. The molecule has 1 radical (unpaired) electrons. The molecular weight excluding hydrogens is 84.9 g/mol. The summed E-state index contributed by atoms with van der Waals surface area (Å²) in [6.07, 6.45) is 0. The summed E-state index contributed by atoms with van der Waals surface area (Å²) >= 11 is 0. The molecular formula is C5H13BN. The summed E-state index contributed by atoms with van der Waals surface area (Å²) in [5, 5.41) is 3.12. The van der Waals surface area contributed by atoms with Gasteiger partial charge in [-0.2, -0.15) is 0 Å². The van der Waals surface area contributed by atoms with Crippen molar-refractivity contribution in [2.24, 2.45) is 0 Å². The Morgan fingerprint density at radius 3 is 2.29 bits per heavy atom. The van der Waals surface area contributed by atoms with E-state index in [-0.39, 0.29) is 0 Å². The fourth-order valence-corrected chi connectivity index (χ4v) is 0.354. The summed E-state index contributed by atoms with van der Waals surface area (Å²) in [6, 6.07) is 0. The highest BCUT2D eigenvalue weighted by molar-refractivity contribution is 6.33. The molecule has 0 saturated heterocycles. The number of nitrogens with one attached hydrogen (secondary N) is 1. The van der Waals surface area contributed by atoms with Crippen molar-refractivity contribution in [1.82, 2.24) is 5.23 Å². The highest BCUT2D eigenvalue weighted by atomic mass is 14.7. The fourth-order valence-electron chi connectivity index (χ4n) is 0.354. The molecule has 0 aliphatic heterocycles. The van der Waals surface area contributed by atoms with Gasteiger partial charge in [-0.15, -0.1) is 0 Å². The maximum absolute atomic E-state index is 3.12. The predicted octanol–water partition coefficient (Wildman–Crippen LogP) is 1.04. The zero-order valence-electron chi connectivity index (χ0n) is 5.36. The van der Waals surface area contributed by atoms with Gasteiger partial charge in [0.2, 0.25) is 7.41 Å². The molecule has 0 unspecified atom stereocenters. The van der Waals surface area contributed by atoms with Gasteiger partial charge >= 0.3 is 0 Å². The van der Waals surface area contributed by atoms with Gasteiger partial charge in [0.15, 0.2) is 0 Å². The van der Waals surface area contributed by atoms with Crippen molar-refractivity contribution in [2.75, 3.05) is 6.54 Å². The van der Waals surface area contributed by atoms with E-state index in [9.17, 15) is 0 Å². The van der Waals surface area contributed by atoms with E-state index in [0.29, 0.717) is 5.82 Å². The maximum atomic E-state index is 3.12. The van der Waals surface area contributed by atoms with E-state index < -0.39 is 0 Å². The number of hydrogen-bond acceptors (Lipinski definition) is 1. The van der Waals surface area contributed by atoms with E-state index in [0.717, 1.165) is 6.54 Å². The highest BCUT2D eigenvalue weighted by Crippen LogP contribution is 1.91. The van der Waals surface area contributed by atoms with Crippen LogP contribution in [0.3, 0.4) is 0 Å². The predicted molar refractivity (Wildman–Crippen MR) is 34.5 cm³/mol. The SMILES string of the molecule is CCN[B]C(C)C. The van der Waals surface area contributed by atoms with Gasteiger partial charge < -0.3 is 5.23 Å². The Balaban J connectivity index is 2.68. The van der Waals surface area contributed by atoms with Crippen molar-refractivity contribution in [3.63, 3.8) is 0 Å². The molecule has 2 heteroatoms. The summed E-state index contributed by atoms with van der Waals surface area (Å²) in [4.78, 5) is 0. The van der Waals surface area contributed by atoms with Crippen molar-refractivity contribution >= 4 is 7.41 Å². The quantitative estimate of drug-likeness (QED) is 0.520. The molecule has 1 N–H and O–H groups in total. The van der Waals surface area contributed by atoms with Crippen LogP contribution in [-0.4, -0.2) is 14.0 Å². The van der Waals surface area contributed by atoms with Gasteiger partial charge in [0.1, 0.15) is 0 Å². The molecule has 41 valence electrons. The topological polar surface area (TPSA) is 12.0 Å². The van der Waals surface area contributed by atoms with Gasteiger partial charge in [0, 0.05) is 0 Å². The van der Waals surface area contributed by atoms with Crippen LogP contribution in [0.4, 0.5) is 0 Å². The average molecular weight is 98.0 g/mol. The monoisotopic (exact) mass is 98.1 g/mol. The van der Waals surface area contributed by atoms with Crippen LogP contribution in [0.2, 0.25) is 5.82 Å².